The second kappa shape index (κ2) is 1.35. The third-order valence-corrected chi connectivity index (χ3v) is 0.773. The van der Waals surface area contributed by atoms with Gasteiger partial charge in [0.15, 0.2) is 6.10 Å². The first-order valence-corrected chi connectivity index (χ1v) is 1.96. The highest BCUT2D eigenvalue weighted by atomic mass is 16.3. The van der Waals surface area contributed by atoms with Crippen LogP contribution in [0, 0.1) is 0 Å². The smallest absolute Gasteiger partial charge is 0.256 e. The summed E-state index contributed by atoms with van der Waals surface area (Å²) in [6.07, 6.45) is 1.90. The van der Waals surface area contributed by atoms with Crippen molar-refractivity contribution in [3.05, 3.63) is 12.3 Å². The van der Waals surface area contributed by atoms with Gasteiger partial charge in [-0.1, -0.05) is 0 Å². The monoisotopic (exact) mass is 99.0 g/mol. The molecule has 0 bridgehead atoms. The fourth-order valence-electron chi connectivity index (χ4n) is 0.394. The van der Waals surface area contributed by atoms with Crippen molar-refractivity contribution in [2.24, 2.45) is 0 Å². The maximum absolute atomic E-state index is 10.2. The zero-order chi connectivity index (χ0) is 5.28. The van der Waals surface area contributed by atoms with Crippen molar-refractivity contribution < 1.29 is 9.90 Å². The zero-order valence-electron chi connectivity index (χ0n) is 3.59. The van der Waals surface area contributed by atoms with E-state index in [0.717, 1.165) is 0 Å². The highest BCUT2D eigenvalue weighted by Gasteiger charge is 2.13. The summed E-state index contributed by atoms with van der Waals surface area (Å²) in [6, 6.07) is 0. The first-order chi connectivity index (χ1) is 3.30. The van der Waals surface area contributed by atoms with Crippen molar-refractivity contribution in [3.63, 3.8) is 0 Å². The number of amides is 1. The van der Waals surface area contributed by atoms with Crippen LogP contribution in [0.15, 0.2) is 12.3 Å². The maximum Gasteiger partial charge on any atom is 0.256 e. The Balaban J connectivity index is 2.62. The summed E-state index contributed by atoms with van der Waals surface area (Å²) in [5.41, 5.74) is 0. The number of rotatable bonds is 0. The van der Waals surface area contributed by atoms with Gasteiger partial charge in [-0.15, -0.1) is 0 Å². The van der Waals surface area contributed by atoms with E-state index in [2.05, 4.69) is 5.32 Å². The molecule has 0 aromatic carbocycles. The predicted octanol–water partition coefficient (Wildman–Crippen LogP) is -1.01. The molecule has 1 atom stereocenters. The molecule has 1 heterocycles. The SMILES string of the molecule is O=C1NC=CC1O. The van der Waals surface area contributed by atoms with E-state index in [1.54, 1.807) is 0 Å². The normalized spacial score (nSPS) is 28.1. The lowest BCUT2D eigenvalue weighted by Gasteiger charge is -1.90. The maximum atomic E-state index is 10.2. The molecule has 1 aliphatic heterocycles. The molecule has 0 aliphatic carbocycles. The molecule has 38 valence electrons. The summed E-state index contributed by atoms with van der Waals surface area (Å²) in [5, 5.41) is 10.8. The van der Waals surface area contributed by atoms with Crippen molar-refractivity contribution in [1.29, 1.82) is 0 Å². The number of aliphatic hydroxyl groups excluding tert-OH is 1. The summed E-state index contributed by atoms with van der Waals surface area (Å²) >= 11 is 0. The minimum Gasteiger partial charge on any atom is -0.379 e. The van der Waals surface area contributed by atoms with Crippen LogP contribution in [0.25, 0.3) is 0 Å². The van der Waals surface area contributed by atoms with Crippen LogP contribution in [-0.4, -0.2) is 17.1 Å². The van der Waals surface area contributed by atoms with Gasteiger partial charge in [0, 0.05) is 6.20 Å². The van der Waals surface area contributed by atoms with Gasteiger partial charge in [-0.05, 0) is 6.08 Å². The molecule has 0 aromatic heterocycles. The topological polar surface area (TPSA) is 49.3 Å². The number of carbonyl (C=O) groups is 1. The van der Waals surface area contributed by atoms with Gasteiger partial charge in [-0.3, -0.25) is 4.79 Å². The van der Waals surface area contributed by atoms with Crippen molar-refractivity contribution in [1.82, 2.24) is 5.32 Å². The van der Waals surface area contributed by atoms with Gasteiger partial charge in [0.1, 0.15) is 0 Å². The van der Waals surface area contributed by atoms with Gasteiger partial charge in [-0.25, -0.2) is 0 Å². The molecule has 0 aromatic rings. The Morgan fingerprint density at radius 3 is 2.71 bits per heavy atom. The van der Waals surface area contributed by atoms with Crippen LogP contribution in [0.1, 0.15) is 0 Å². The minimum atomic E-state index is -0.917. The third-order valence-electron chi connectivity index (χ3n) is 0.773. The van der Waals surface area contributed by atoms with Crippen LogP contribution in [0.2, 0.25) is 0 Å². The lowest BCUT2D eigenvalue weighted by Crippen LogP contribution is -2.22. The molecule has 0 radical (unpaired) electrons. The van der Waals surface area contributed by atoms with Crippen molar-refractivity contribution in [2.75, 3.05) is 0 Å². The molecule has 3 nitrogen and oxygen atoms in total. The van der Waals surface area contributed by atoms with E-state index >= 15 is 0 Å². The molecule has 1 unspecified atom stereocenters. The Bertz CT molecular complexity index is 119. The van der Waals surface area contributed by atoms with Gasteiger partial charge in [0.25, 0.3) is 5.91 Å². The second-order valence-electron chi connectivity index (χ2n) is 1.31. The fourth-order valence-corrected chi connectivity index (χ4v) is 0.394. The van der Waals surface area contributed by atoms with Crippen LogP contribution in [0.4, 0.5) is 0 Å². The van der Waals surface area contributed by atoms with E-state index in [0.29, 0.717) is 0 Å². The largest absolute Gasteiger partial charge is 0.379 e. The van der Waals surface area contributed by atoms with E-state index in [1.165, 1.54) is 12.3 Å². The molecule has 0 saturated heterocycles. The zero-order valence-corrected chi connectivity index (χ0v) is 3.59. The minimum absolute atomic E-state index is 0.347. The van der Waals surface area contributed by atoms with Gasteiger partial charge >= 0.3 is 0 Å². The van der Waals surface area contributed by atoms with E-state index in [4.69, 9.17) is 5.11 Å². The first kappa shape index (κ1) is 4.33. The summed E-state index contributed by atoms with van der Waals surface area (Å²) in [5.74, 6) is -0.347. The summed E-state index contributed by atoms with van der Waals surface area (Å²) in [7, 11) is 0. The Hall–Kier alpha value is -0.830. The average molecular weight is 99.1 g/mol. The molecule has 0 fully saturated rings. The molecule has 7 heavy (non-hydrogen) atoms. The Labute approximate surface area is 40.6 Å². The van der Waals surface area contributed by atoms with E-state index in [1.807, 2.05) is 0 Å². The van der Waals surface area contributed by atoms with Crippen LogP contribution in [0.3, 0.4) is 0 Å². The average Bonchev–Trinajstić information content (AvgIpc) is 1.91. The molecular formula is C4H5NO2. The van der Waals surface area contributed by atoms with Gasteiger partial charge in [0.2, 0.25) is 0 Å². The second-order valence-corrected chi connectivity index (χ2v) is 1.31. The van der Waals surface area contributed by atoms with Crippen LogP contribution in [0.5, 0.6) is 0 Å². The van der Waals surface area contributed by atoms with E-state index in [9.17, 15) is 4.79 Å². The van der Waals surface area contributed by atoms with Crippen molar-refractivity contribution in [3.8, 4) is 0 Å². The molecule has 1 amide bonds. The van der Waals surface area contributed by atoms with Crippen LogP contribution >= 0.6 is 0 Å². The molecular weight excluding hydrogens is 94.0 g/mol. The lowest BCUT2D eigenvalue weighted by atomic mass is 10.4. The number of hydrogen-bond acceptors (Lipinski definition) is 2. The molecule has 1 aliphatic rings. The standard InChI is InChI=1S/C4H5NO2/c6-3-1-2-5-4(3)7/h1-3,6H,(H,5,7). The van der Waals surface area contributed by atoms with E-state index in [-0.39, 0.29) is 5.91 Å². The molecule has 1 rings (SSSR count). The molecule has 0 spiro atoms. The quantitative estimate of drug-likeness (QED) is 0.409. The van der Waals surface area contributed by atoms with E-state index < -0.39 is 6.10 Å². The van der Waals surface area contributed by atoms with Gasteiger partial charge in [-0.2, -0.15) is 0 Å². The predicted molar refractivity (Wildman–Crippen MR) is 23.3 cm³/mol. The van der Waals surface area contributed by atoms with Gasteiger partial charge in [0.05, 0.1) is 0 Å². The number of aliphatic hydroxyl groups is 1. The van der Waals surface area contributed by atoms with Gasteiger partial charge < -0.3 is 10.4 Å². The van der Waals surface area contributed by atoms with Crippen molar-refractivity contribution >= 4 is 5.91 Å². The molecule has 2 N–H and O–H groups in total. The molecule has 3 heteroatoms. The van der Waals surface area contributed by atoms with Crippen LogP contribution in [-0.2, 0) is 4.79 Å². The van der Waals surface area contributed by atoms with Crippen LogP contribution < -0.4 is 5.32 Å². The lowest BCUT2D eigenvalue weighted by molar-refractivity contribution is -0.125. The first-order valence-electron chi connectivity index (χ1n) is 1.96. The summed E-state index contributed by atoms with van der Waals surface area (Å²) in [6.45, 7) is 0. The summed E-state index contributed by atoms with van der Waals surface area (Å²) < 4.78 is 0. The Morgan fingerprint density at radius 1 is 1.86 bits per heavy atom. The number of carbonyl (C=O) groups excluding carboxylic acids is 1. The van der Waals surface area contributed by atoms with Crippen molar-refractivity contribution in [2.45, 2.75) is 6.10 Å². The highest BCUT2D eigenvalue weighted by molar-refractivity contribution is 5.85. The Morgan fingerprint density at radius 2 is 2.57 bits per heavy atom. The molecule has 0 saturated carbocycles. The Kier molecular flexibility index (Phi) is 0.834. The number of nitrogens with one attached hydrogen (secondary N) is 1. The third kappa shape index (κ3) is 0.618. The highest BCUT2D eigenvalue weighted by Crippen LogP contribution is 1.90. The summed E-state index contributed by atoms with van der Waals surface area (Å²) in [4.78, 5) is 10.2. The fraction of sp³-hybridized carbons (Fsp3) is 0.250. The number of hydrogen-bond donors (Lipinski definition) is 2.